The van der Waals surface area contributed by atoms with Crippen LogP contribution in [0.5, 0.6) is 0 Å². The van der Waals surface area contributed by atoms with E-state index in [1.54, 1.807) is 4.68 Å². The van der Waals surface area contributed by atoms with Gasteiger partial charge in [-0.2, -0.15) is 5.10 Å². The zero-order valence-corrected chi connectivity index (χ0v) is 13.1. The molecule has 118 valence electrons. The highest BCUT2D eigenvalue weighted by molar-refractivity contribution is 5.95. The van der Waals surface area contributed by atoms with E-state index in [-0.39, 0.29) is 18.2 Å². The van der Waals surface area contributed by atoms with Gasteiger partial charge in [0.1, 0.15) is 5.65 Å². The Hall–Kier alpha value is -2.91. The number of nitrogens with zero attached hydrogens (tertiary/aromatic N) is 4. The van der Waals surface area contributed by atoms with Crippen LogP contribution in [0.15, 0.2) is 36.9 Å². The molecule has 3 aromatic heterocycles. The number of hydrogen-bond donors (Lipinski definition) is 1. The molecular formula is C18H15N5O. The van der Waals surface area contributed by atoms with Gasteiger partial charge >= 0.3 is 0 Å². The Morgan fingerprint density at radius 3 is 3.00 bits per heavy atom. The van der Waals surface area contributed by atoms with Crippen molar-refractivity contribution in [2.45, 2.75) is 24.7 Å². The molecule has 5 rings (SSSR count). The van der Waals surface area contributed by atoms with Crippen LogP contribution in [0, 0.1) is 6.57 Å². The number of rotatable bonds is 2. The Morgan fingerprint density at radius 2 is 2.29 bits per heavy atom. The third-order valence-corrected chi connectivity index (χ3v) is 4.89. The lowest BCUT2D eigenvalue weighted by atomic mass is 9.91. The number of fused-ring (bicyclic) bond motifs is 3. The van der Waals surface area contributed by atoms with Gasteiger partial charge in [-0.25, -0.2) is 11.6 Å². The normalized spacial score (nSPS) is 25.2. The summed E-state index contributed by atoms with van der Waals surface area (Å²) in [7, 11) is 1.91. The molecule has 3 aromatic rings. The minimum absolute atomic E-state index is 0.0223. The minimum Gasteiger partial charge on any atom is -0.358 e. The van der Waals surface area contributed by atoms with Gasteiger partial charge < -0.3 is 14.6 Å². The van der Waals surface area contributed by atoms with E-state index in [0.717, 1.165) is 39.7 Å². The smallest absolute Gasteiger partial charge is 0.255 e. The average molecular weight is 317 g/mol. The summed E-state index contributed by atoms with van der Waals surface area (Å²) in [6.07, 6.45) is 10.5. The Kier molecular flexibility index (Phi) is 2.70. The summed E-state index contributed by atoms with van der Waals surface area (Å²) in [5, 5.41) is 5.33. The SMILES string of the molecule is [C-]#[N+][C@H]1C[C@@H]2O[C@H]1C=C2c1cnc2[nH]cc(-c3cnn(C)c3)c2c1. The lowest BCUT2D eigenvalue weighted by Gasteiger charge is -2.11. The van der Waals surface area contributed by atoms with Crippen LogP contribution in [-0.2, 0) is 11.8 Å². The summed E-state index contributed by atoms with van der Waals surface area (Å²) < 4.78 is 7.69. The molecule has 6 heteroatoms. The first-order valence-corrected chi connectivity index (χ1v) is 7.93. The van der Waals surface area contributed by atoms with Crippen molar-refractivity contribution in [3.05, 3.63) is 53.9 Å². The van der Waals surface area contributed by atoms with E-state index >= 15 is 0 Å². The lowest BCUT2D eigenvalue weighted by molar-refractivity contribution is 0.123. The number of hydrogen-bond acceptors (Lipinski definition) is 3. The number of ether oxygens (including phenoxy) is 1. The van der Waals surface area contributed by atoms with Gasteiger partial charge in [-0.15, -0.1) is 0 Å². The van der Waals surface area contributed by atoms with E-state index in [2.05, 4.69) is 32.1 Å². The van der Waals surface area contributed by atoms with Crippen molar-refractivity contribution in [3.63, 3.8) is 0 Å². The van der Waals surface area contributed by atoms with Gasteiger partial charge in [-0.3, -0.25) is 4.68 Å². The van der Waals surface area contributed by atoms with Gasteiger partial charge in [0.2, 0.25) is 0 Å². The van der Waals surface area contributed by atoms with Crippen molar-refractivity contribution in [1.29, 1.82) is 0 Å². The predicted octanol–water partition coefficient (Wildman–Crippen LogP) is 2.81. The largest absolute Gasteiger partial charge is 0.358 e. The summed E-state index contributed by atoms with van der Waals surface area (Å²) in [4.78, 5) is 11.4. The molecule has 0 amide bonds. The monoisotopic (exact) mass is 317 g/mol. The highest BCUT2D eigenvalue weighted by Gasteiger charge is 2.46. The summed E-state index contributed by atoms with van der Waals surface area (Å²) in [5.74, 6) is 0. The number of aromatic nitrogens is 4. The van der Waals surface area contributed by atoms with E-state index in [1.807, 2.05) is 31.8 Å². The van der Waals surface area contributed by atoms with E-state index in [9.17, 15) is 0 Å². The third kappa shape index (κ3) is 1.85. The number of pyridine rings is 1. The van der Waals surface area contributed by atoms with Crippen molar-refractivity contribution in [3.8, 4) is 11.1 Å². The quantitative estimate of drug-likeness (QED) is 0.739. The molecular weight excluding hydrogens is 302 g/mol. The first-order chi connectivity index (χ1) is 11.7. The Labute approximate surface area is 138 Å². The van der Waals surface area contributed by atoms with Crippen LogP contribution in [0.1, 0.15) is 12.0 Å². The Balaban J connectivity index is 1.60. The molecule has 0 radical (unpaired) electrons. The zero-order valence-electron chi connectivity index (χ0n) is 13.1. The van der Waals surface area contributed by atoms with Crippen molar-refractivity contribution in [2.75, 3.05) is 0 Å². The second-order valence-electron chi connectivity index (χ2n) is 6.37. The van der Waals surface area contributed by atoms with Gasteiger partial charge in [-0.1, -0.05) is 0 Å². The fourth-order valence-corrected chi connectivity index (χ4v) is 3.69. The van der Waals surface area contributed by atoms with Crippen molar-refractivity contribution < 1.29 is 4.74 Å². The second kappa shape index (κ2) is 4.79. The summed E-state index contributed by atoms with van der Waals surface area (Å²) in [6, 6.07) is 2.12. The Bertz CT molecular complexity index is 1020. The second-order valence-corrected chi connectivity index (χ2v) is 6.37. The molecule has 0 saturated carbocycles. The topological polar surface area (TPSA) is 60.1 Å². The van der Waals surface area contributed by atoms with Gasteiger partial charge in [-0.05, 0) is 23.3 Å². The van der Waals surface area contributed by atoms with Crippen LogP contribution in [0.4, 0.5) is 0 Å². The van der Waals surface area contributed by atoms with E-state index in [1.165, 1.54) is 0 Å². The number of aromatic amines is 1. The molecule has 0 aliphatic carbocycles. The highest BCUT2D eigenvalue weighted by Crippen LogP contribution is 2.41. The molecule has 3 atom stereocenters. The molecule has 24 heavy (non-hydrogen) atoms. The van der Waals surface area contributed by atoms with Crippen LogP contribution in [-0.4, -0.2) is 38.0 Å². The molecule has 1 N–H and O–H groups in total. The maximum absolute atomic E-state index is 7.23. The first-order valence-electron chi connectivity index (χ1n) is 7.93. The average Bonchev–Trinajstić information content (AvgIpc) is 3.35. The molecule has 0 aromatic carbocycles. The highest BCUT2D eigenvalue weighted by atomic mass is 16.5. The molecule has 6 nitrogen and oxygen atoms in total. The third-order valence-electron chi connectivity index (χ3n) is 4.89. The molecule has 0 unspecified atom stereocenters. The van der Waals surface area contributed by atoms with E-state index in [4.69, 9.17) is 11.3 Å². The molecule has 5 heterocycles. The van der Waals surface area contributed by atoms with Crippen molar-refractivity contribution in [1.82, 2.24) is 19.7 Å². The standard InChI is InChI=1S/C18H15N5O/c1-19-15-5-16-12(4-17(15)24-16)10-3-13-14(8-21-18(13)20-6-10)11-7-22-23(2)9-11/h3-4,6-9,15-17H,5H2,2H3,(H,20,21)/t15-,16-,17-/m0/s1. The molecule has 1 saturated heterocycles. The molecule has 2 aliphatic rings. The summed E-state index contributed by atoms with van der Waals surface area (Å²) >= 11 is 0. The Morgan fingerprint density at radius 1 is 1.38 bits per heavy atom. The van der Waals surface area contributed by atoms with Gasteiger partial charge in [0.15, 0.2) is 6.10 Å². The minimum atomic E-state index is -0.0674. The van der Waals surface area contributed by atoms with Gasteiger partial charge in [0, 0.05) is 42.2 Å². The maximum Gasteiger partial charge on any atom is 0.255 e. The van der Waals surface area contributed by atoms with E-state index < -0.39 is 0 Å². The summed E-state index contributed by atoms with van der Waals surface area (Å²) in [5.41, 5.74) is 5.25. The molecule has 1 fully saturated rings. The maximum atomic E-state index is 7.23. The van der Waals surface area contributed by atoms with E-state index in [0.29, 0.717) is 0 Å². The van der Waals surface area contributed by atoms with Crippen LogP contribution in [0.2, 0.25) is 0 Å². The number of H-pyrrole nitrogens is 1. The van der Waals surface area contributed by atoms with Crippen molar-refractivity contribution in [2.24, 2.45) is 7.05 Å². The van der Waals surface area contributed by atoms with Crippen LogP contribution in [0.3, 0.4) is 0 Å². The molecule has 0 spiro atoms. The molecule has 2 bridgehead atoms. The fraction of sp³-hybridized carbons (Fsp3) is 0.278. The first kappa shape index (κ1) is 13.5. The van der Waals surface area contributed by atoms with Gasteiger partial charge in [0.05, 0.1) is 18.7 Å². The van der Waals surface area contributed by atoms with Crippen LogP contribution >= 0.6 is 0 Å². The van der Waals surface area contributed by atoms with Gasteiger partial charge in [0.25, 0.3) is 6.04 Å². The summed E-state index contributed by atoms with van der Waals surface area (Å²) in [6.45, 7) is 7.23. The zero-order chi connectivity index (χ0) is 16.3. The lowest BCUT2D eigenvalue weighted by Crippen LogP contribution is -2.16. The molecule has 2 aliphatic heterocycles. The predicted molar refractivity (Wildman–Crippen MR) is 89.9 cm³/mol. The van der Waals surface area contributed by atoms with Crippen LogP contribution in [0.25, 0.3) is 32.6 Å². The van der Waals surface area contributed by atoms with Crippen LogP contribution < -0.4 is 0 Å². The number of nitrogens with one attached hydrogen (secondary N) is 1. The fourth-order valence-electron chi connectivity index (χ4n) is 3.69. The van der Waals surface area contributed by atoms with Crippen molar-refractivity contribution >= 4 is 16.6 Å². The number of aryl methyl sites for hydroxylation is 1.